The maximum absolute atomic E-state index is 12.5. The van der Waals surface area contributed by atoms with Crippen LogP contribution in [0.2, 0.25) is 10.0 Å². The number of hydrogen-bond acceptors (Lipinski definition) is 5. The lowest BCUT2D eigenvalue weighted by Crippen LogP contribution is -2.34. The maximum Gasteiger partial charge on any atom is 0.266 e. The molecule has 0 spiro atoms. The van der Waals surface area contributed by atoms with E-state index in [2.05, 4.69) is 10.3 Å². The van der Waals surface area contributed by atoms with Gasteiger partial charge in [-0.1, -0.05) is 35.0 Å². The van der Waals surface area contributed by atoms with E-state index in [-0.39, 0.29) is 21.8 Å². The van der Waals surface area contributed by atoms with Crippen LogP contribution in [0.1, 0.15) is 12.8 Å². The van der Waals surface area contributed by atoms with Crippen molar-refractivity contribution in [3.8, 4) is 11.5 Å². The van der Waals surface area contributed by atoms with Crippen LogP contribution in [0.15, 0.2) is 51.0 Å². The number of nitrogens with one attached hydrogen (secondary N) is 2. The minimum absolute atomic E-state index is 0.152. The second-order valence-corrected chi connectivity index (χ2v) is 8.51. The summed E-state index contributed by atoms with van der Waals surface area (Å²) in [6, 6.07) is 10.6. The molecule has 0 atom stereocenters. The van der Waals surface area contributed by atoms with Gasteiger partial charge in [-0.25, -0.2) is 0 Å². The number of H-pyrrole nitrogens is 1. The summed E-state index contributed by atoms with van der Waals surface area (Å²) in [6.45, 7) is 1.94. The van der Waals surface area contributed by atoms with E-state index in [9.17, 15) is 9.90 Å². The molecule has 0 saturated carbocycles. The normalized spacial score (nSPS) is 15.1. The number of piperidine rings is 1. The molecule has 28 heavy (non-hydrogen) atoms. The van der Waals surface area contributed by atoms with Crippen molar-refractivity contribution in [1.82, 2.24) is 10.3 Å². The van der Waals surface area contributed by atoms with Crippen molar-refractivity contribution in [3.05, 3.63) is 56.8 Å². The molecular formula is C20H18Cl2N2O3S. The van der Waals surface area contributed by atoms with Crippen LogP contribution in [-0.4, -0.2) is 29.3 Å². The average Bonchev–Trinajstić information content (AvgIpc) is 2.66. The first-order chi connectivity index (χ1) is 13.5. The van der Waals surface area contributed by atoms with E-state index in [1.54, 1.807) is 6.07 Å². The van der Waals surface area contributed by atoms with Gasteiger partial charge in [0.1, 0.15) is 22.5 Å². The summed E-state index contributed by atoms with van der Waals surface area (Å²) in [7, 11) is 0. The monoisotopic (exact) mass is 436 g/mol. The van der Waals surface area contributed by atoms with E-state index in [0.29, 0.717) is 15.9 Å². The first kappa shape index (κ1) is 19.5. The molecule has 1 saturated heterocycles. The molecule has 146 valence electrons. The van der Waals surface area contributed by atoms with Gasteiger partial charge < -0.3 is 20.1 Å². The Morgan fingerprint density at radius 1 is 1.11 bits per heavy atom. The van der Waals surface area contributed by atoms with E-state index in [1.165, 1.54) is 17.8 Å². The van der Waals surface area contributed by atoms with Crippen molar-refractivity contribution in [1.29, 1.82) is 0 Å². The number of halogens is 2. The highest BCUT2D eigenvalue weighted by Crippen LogP contribution is 2.40. The molecule has 8 heteroatoms. The lowest BCUT2D eigenvalue weighted by atomic mass is 10.1. The number of fused-ring (bicyclic) bond motifs is 1. The molecule has 3 N–H and O–H groups in total. The Morgan fingerprint density at radius 3 is 2.54 bits per heavy atom. The number of aromatic amines is 1. The minimum atomic E-state index is -0.400. The van der Waals surface area contributed by atoms with Crippen LogP contribution >= 0.6 is 35.0 Å². The standard InChI is InChI=1S/C20H18Cl2N2O3S/c21-11-9-15(22)17-16(10-11)24-20(26)19(18(17)25)28-14-3-1-12(2-4-14)27-13-5-7-23-8-6-13/h1-4,9-10,13,23H,5-8H2,(H2,24,25,26). The van der Waals surface area contributed by atoms with Crippen molar-refractivity contribution in [2.45, 2.75) is 28.7 Å². The topological polar surface area (TPSA) is 74.4 Å². The highest BCUT2D eigenvalue weighted by Gasteiger charge is 2.17. The number of aromatic nitrogens is 1. The zero-order chi connectivity index (χ0) is 19.7. The first-order valence-electron chi connectivity index (χ1n) is 8.90. The molecule has 0 bridgehead atoms. The van der Waals surface area contributed by atoms with Crippen molar-refractivity contribution in [2.75, 3.05) is 13.1 Å². The van der Waals surface area contributed by atoms with Crippen molar-refractivity contribution >= 4 is 45.9 Å². The first-order valence-corrected chi connectivity index (χ1v) is 10.5. The second-order valence-electron chi connectivity index (χ2n) is 6.58. The fourth-order valence-electron chi connectivity index (χ4n) is 3.22. The van der Waals surface area contributed by atoms with Crippen LogP contribution in [0.4, 0.5) is 0 Å². The quantitative estimate of drug-likeness (QED) is 0.546. The summed E-state index contributed by atoms with van der Waals surface area (Å²) in [4.78, 5) is 16.2. The molecule has 0 radical (unpaired) electrons. The summed E-state index contributed by atoms with van der Waals surface area (Å²) in [5, 5.41) is 15.0. The summed E-state index contributed by atoms with van der Waals surface area (Å²) < 4.78 is 6.00. The number of benzene rings is 2. The van der Waals surface area contributed by atoms with Crippen LogP contribution in [0.25, 0.3) is 10.9 Å². The molecule has 0 amide bonds. The van der Waals surface area contributed by atoms with Crippen LogP contribution in [0.5, 0.6) is 11.5 Å². The molecule has 4 rings (SSSR count). The lowest BCUT2D eigenvalue weighted by molar-refractivity contribution is 0.162. The SMILES string of the molecule is O=c1[nH]c2cc(Cl)cc(Cl)c2c(O)c1Sc1ccc(OC2CCNCC2)cc1. The largest absolute Gasteiger partial charge is 0.506 e. The Morgan fingerprint density at radius 2 is 1.82 bits per heavy atom. The third-order valence-electron chi connectivity index (χ3n) is 4.59. The van der Waals surface area contributed by atoms with Gasteiger partial charge in [-0.05, 0) is 62.3 Å². The van der Waals surface area contributed by atoms with Gasteiger partial charge in [0.15, 0.2) is 0 Å². The van der Waals surface area contributed by atoms with Gasteiger partial charge in [0.05, 0.1) is 15.9 Å². The predicted molar refractivity (Wildman–Crippen MR) is 113 cm³/mol. The average molecular weight is 437 g/mol. The predicted octanol–water partition coefficient (Wildman–Crippen LogP) is 4.82. The lowest BCUT2D eigenvalue weighted by Gasteiger charge is -2.23. The number of rotatable bonds is 4. The third kappa shape index (κ3) is 4.10. The molecule has 1 aliphatic heterocycles. The van der Waals surface area contributed by atoms with E-state index < -0.39 is 5.56 Å². The van der Waals surface area contributed by atoms with E-state index in [0.717, 1.165) is 36.6 Å². The van der Waals surface area contributed by atoms with E-state index >= 15 is 0 Å². The van der Waals surface area contributed by atoms with Crippen LogP contribution < -0.4 is 15.6 Å². The summed E-state index contributed by atoms with van der Waals surface area (Å²) >= 11 is 13.4. The molecule has 0 aliphatic carbocycles. The van der Waals surface area contributed by atoms with Gasteiger partial charge in [0.2, 0.25) is 0 Å². The van der Waals surface area contributed by atoms with Gasteiger partial charge in [0, 0.05) is 9.92 Å². The highest BCUT2D eigenvalue weighted by molar-refractivity contribution is 7.99. The fraction of sp³-hybridized carbons (Fsp3) is 0.250. The summed E-state index contributed by atoms with van der Waals surface area (Å²) in [6.07, 6.45) is 2.20. The molecule has 3 aromatic rings. The Kier molecular flexibility index (Phi) is 5.73. The molecule has 0 unspecified atom stereocenters. The molecule has 5 nitrogen and oxygen atoms in total. The van der Waals surface area contributed by atoms with Crippen LogP contribution in [0, 0.1) is 0 Å². The van der Waals surface area contributed by atoms with E-state index in [1.807, 2.05) is 24.3 Å². The number of hydrogen-bond donors (Lipinski definition) is 3. The molecule has 1 fully saturated rings. The molecule has 1 aromatic heterocycles. The summed E-state index contributed by atoms with van der Waals surface area (Å²) in [5.74, 6) is 0.644. The minimum Gasteiger partial charge on any atom is -0.506 e. The number of ether oxygens (including phenoxy) is 1. The molecule has 1 aliphatic rings. The number of pyridine rings is 1. The zero-order valence-corrected chi connectivity index (χ0v) is 17.1. The number of aromatic hydroxyl groups is 1. The highest BCUT2D eigenvalue weighted by atomic mass is 35.5. The molecule has 2 aromatic carbocycles. The fourth-order valence-corrected chi connectivity index (χ4v) is 4.65. The maximum atomic E-state index is 12.5. The van der Waals surface area contributed by atoms with Gasteiger partial charge in [0.25, 0.3) is 5.56 Å². The van der Waals surface area contributed by atoms with Crippen molar-refractivity contribution in [3.63, 3.8) is 0 Å². The Balaban J connectivity index is 1.58. The molecule has 2 heterocycles. The summed E-state index contributed by atoms with van der Waals surface area (Å²) in [5.41, 5.74) is -0.00145. The van der Waals surface area contributed by atoms with Crippen LogP contribution in [0.3, 0.4) is 0 Å². The molecular weight excluding hydrogens is 419 g/mol. The van der Waals surface area contributed by atoms with Gasteiger partial charge in [-0.2, -0.15) is 0 Å². The Labute approximate surface area is 176 Å². The zero-order valence-electron chi connectivity index (χ0n) is 14.8. The van der Waals surface area contributed by atoms with Gasteiger partial charge in [-0.15, -0.1) is 0 Å². The Bertz CT molecular complexity index is 1060. The van der Waals surface area contributed by atoms with E-state index in [4.69, 9.17) is 27.9 Å². The van der Waals surface area contributed by atoms with Gasteiger partial charge in [-0.3, -0.25) is 4.79 Å². The second kappa shape index (κ2) is 8.25. The van der Waals surface area contributed by atoms with Gasteiger partial charge >= 0.3 is 0 Å². The third-order valence-corrected chi connectivity index (χ3v) is 6.20. The smallest absolute Gasteiger partial charge is 0.266 e. The Hall–Kier alpha value is -1.86. The van der Waals surface area contributed by atoms with Crippen molar-refractivity contribution in [2.24, 2.45) is 0 Å². The van der Waals surface area contributed by atoms with Crippen LogP contribution in [-0.2, 0) is 0 Å². The van der Waals surface area contributed by atoms with Crippen molar-refractivity contribution < 1.29 is 9.84 Å².